The Morgan fingerprint density at radius 2 is 2.00 bits per heavy atom. The van der Waals surface area contributed by atoms with E-state index in [0.29, 0.717) is 10.2 Å². The van der Waals surface area contributed by atoms with E-state index in [1.165, 1.54) is 44.6 Å². The van der Waals surface area contributed by atoms with Crippen molar-refractivity contribution in [3.63, 3.8) is 0 Å². The van der Waals surface area contributed by atoms with Crippen molar-refractivity contribution >= 4 is 11.8 Å². The van der Waals surface area contributed by atoms with Gasteiger partial charge in [0.15, 0.2) is 0 Å². The topological polar surface area (TPSA) is 24.5 Å². The van der Waals surface area contributed by atoms with Gasteiger partial charge in [-0.05, 0) is 45.1 Å². The van der Waals surface area contributed by atoms with Gasteiger partial charge in [0.2, 0.25) is 0 Å². The van der Waals surface area contributed by atoms with Gasteiger partial charge in [0, 0.05) is 49.9 Å². The predicted octanol–water partition coefficient (Wildman–Crippen LogP) is 2.61. The average Bonchev–Trinajstić information content (AvgIpc) is 2.39. The maximum Gasteiger partial charge on any atom is 0.0472 e. The van der Waals surface area contributed by atoms with E-state index in [-0.39, 0.29) is 0 Å². The van der Waals surface area contributed by atoms with Gasteiger partial charge in [-0.3, -0.25) is 0 Å². The van der Waals surface area contributed by atoms with Gasteiger partial charge in [-0.1, -0.05) is 6.92 Å². The van der Waals surface area contributed by atoms with Crippen LogP contribution in [0.2, 0.25) is 0 Å². The Kier molecular flexibility index (Phi) is 6.21. The standard InChI is InChI=1S/C16H32N2OS/c1-4-7-17-12-16(5-9-19-10-6-16)14-18-8-11-20-15(2,3)13-18/h17H,4-14H2,1-3H3. The molecular weight excluding hydrogens is 268 g/mol. The third-order valence-electron chi connectivity index (χ3n) is 4.54. The van der Waals surface area contributed by atoms with Gasteiger partial charge in [0.25, 0.3) is 0 Å². The smallest absolute Gasteiger partial charge is 0.0472 e. The van der Waals surface area contributed by atoms with E-state index in [1.54, 1.807) is 0 Å². The molecule has 0 aromatic heterocycles. The van der Waals surface area contributed by atoms with Gasteiger partial charge < -0.3 is 15.0 Å². The Hall–Kier alpha value is 0.230. The largest absolute Gasteiger partial charge is 0.381 e. The van der Waals surface area contributed by atoms with E-state index in [0.717, 1.165) is 26.3 Å². The number of nitrogens with zero attached hydrogens (tertiary/aromatic N) is 1. The number of hydrogen-bond acceptors (Lipinski definition) is 4. The molecule has 2 fully saturated rings. The van der Waals surface area contributed by atoms with Gasteiger partial charge in [-0.25, -0.2) is 0 Å². The predicted molar refractivity (Wildman–Crippen MR) is 88.6 cm³/mol. The molecule has 118 valence electrons. The molecule has 0 atom stereocenters. The number of ether oxygens (including phenoxy) is 1. The van der Waals surface area contributed by atoms with Gasteiger partial charge in [0.05, 0.1) is 0 Å². The maximum atomic E-state index is 5.61. The molecular formula is C16H32N2OS. The summed E-state index contributed by atoms with van der Waals surface area (Å²) in [6, 6.07) is 0. The van der Waals surface area contributed by atoms with Crippen LogP contribution in [0, 0.1) is 5.41 Å². The first-order chi connectivity index (χ1) is 9.55. The van der Waals surface area contributed by atoms with Crippen molar-refractivity contribution < 1.29 is 4.74 Å². The van der Waals surface area contributed by atoms with Crippen LogP contribution in [0.25, 0.3) is 0 Å². The Bertz CT molecular complexity index is 290. The second-order valence-corrected chi connectivity index (χ2v) is 8.91. The van der Waals surface area contributed by atoms with Crippen LogP contribution in [-0.2, 0) is 4.74 Å². The molecule has 0 amide bonds. The van der Waals surface area contributed by atoms with Crippen LogP contribution in [0.3, 0.4) is 0 Å². The third-order valence-corrected chi connectivity index (χ3v) is 5.84. The lowest BCUT2D eigenvalue weighted by Crippen LogP contribution is -2.52. The molecule has 3 nitrogen and oxygen atoms in total. The fraction of sp³-hybridized carbons (Fsp3) is 1.00. The SMILES string of the molecule is CCCNCC1(CN2CCSC(C)(C)C2)CCOCC1. The zero-order valence-corrected chi connectivity index (χ0v) is 14.4. The molecule has 4 heteroatoms. The summed E-state index contributed by atoms with van der Waals surface area (Å²) in [6.45, 7) is 14.9. The number of hydrogen-bond donors (Lipinski definition) is 1. The molecule has 0 saturated carbocycles. The molecule has 0 radical (unpaired) electrons. The first kappa shape index (κ1) is 16.6. The molecule has 0 unspecified atom stereocenters. The van der Waals surface area contributed by atoms with Crippen molar-refractivity contribution in [1.29, 1.82) is 0 Å². The van der Waals surface area contributed by atoms with Crippen molar-refractivity contribution in [2.24, 2.45) is 5.41 Å². The van der Waals surface area contributed by atoms with Gasteiger partial charge in [0.1, 0.15) is 0 Å². The van der Waals surface area contributed by atoms with Crippen LogP contribution in [0.5, 0.6) is 0 Å². The summed E-state index contributed by atoms with van der Waals surface area (Å²) >= 11 is 2.12. The van der Waals surface area contributed by atoms with Crippen molar-refractivity contribution in [3.8, 4) is 0 Å². The quantitative estimate of drug-likeness (QED) is 0.762. The molecule has 2 saturated heterocycles. The Labute approximate surface area is 129 Å². The molecule has 0 aliphatic carbocycles. The van der Waals surface area contributed by atoms with Crippen LogP contribution >= 0.6 is 11.8 Å². The fourth-order valence-electron chi connectivity index (χ4n) is 3.45. The Balaban J connectivity index is 1.92. The lowest BCUT2D eigenvalue weighted by atomic mass is 9.79. The summed E-state index contributed by atoms with van der Waals surface area (Å²) < 4.78 is 6.03. The van der Waals surface area contributed by atoms with E-state index < -0.39 is 0 Å². The van der Waals surface area contributed by atoms with E-state index in [9.17, 15) is 0 Å². The summed E-state index contributed by atoms with van der Waals surface area (Å²) in [5.74, 6) is 1.28. The van der Waals surface area contributed by atoms with Crippen LogP contribution in [0.4, 0.5) is 0 Å². The van der Waals surface area contributed by atoms with E-state index in [4.69, 9.17) is 4.74 Å². The van der Waals surface area contributed by atoms with Crippen LogP contribution < -0.4 is 5.32 Å². The zero-order valence-electron chi connectivity index (χ0n) is 13.5. The zero-order chi connectivity index (χ0) is 14.5. The fourth-order valence-corrected chi connectivity index (χ4v) is 4.63. The molecule has 20 heavy (non-hydrogen) atoms. The molecule has 0 bridgehead atoms. The summed E-state index contributed by atoms with van der Waals surface area (Å²) in [4.78, 5) is 2.70. The number of thioether (sulfide) groups is 1. The molecule has 0 aromatic rings. The maximum absolute atomic E-state index is 5.61. The van der Waals surface area contributed by atoms with E-state index in [1.807, 2.05) is 0 Å². The normalized spacial score (nSPS) is 26.6. The van der Waals surface area contributed by atoms with E-state index in [2.05, 4.69) is 42.7 Å². The second-order valence-electron chi connectivity index (χ2n) is 7.11. The van der Waals surface area contributed by atoms with Crippen molar-refractivity contribution in [2.75, 3.05) is 51.7 Å². The van der Waals surface area contributed by atoms with Gasteiger partial charge in [-0.2, -0.15) is 11.8 Å². The molecule has 2 aliphatic rings. The van der Waals surface area contributed by atoms with Gasteiger partial charge in [-0.15, -0.1) is 0 Å². The summed E-state index contributed by atoms with van der Waals surface area (Å²) in [7, 11) is 0. The summed E-state index contributed by atoms with van der Waals surface area (Å²) in [6.07, 6.45) is 3.65. The molecule has 1 N–H and O–H groups in total. The minimum atomic E-state index is 0.418. The van der Waals surface area contributed by atoms with Crippen LogP contribution in [-0.4, -0.2) is 61.3 Å². The average molecular weight is 301 g/mol. The molecule has 2 rings (SSSR count). The Morgan fingerprint density at radius 1 is 1.25 bits per heavy atom. The lowest BCUT2D eigenvalue weighted by molar-refractivity contribution is -0.00488. The van der Waals surface area contributed by atoms with E-state index >= 15 is 0 Å². The molecule has 2 aliphatic heterocycles. The first-order valence-electron chi connectivity index (χ1n) is 8.20. The minimum Gasteiger partial charge on any atom is -0.381 e. The highest BCUT2D eigenvalue weighted by molar-refractivity contribution is 8.00. The van der Waals surface area contributed by atoms with Crippen LogP contribution in [0.1, 0.15) is 40.0 Å². The third kappa shape index (κ3) is 4.90. The number of rotatable bonds is 6. The molecule has 0 spiro atoms. The Morgan fingerprint density at radius 3 is 2.65 bits per heavy atom. The molecule has 0 aromatic carbocycles. The lowest BCUT2D eigenvalue weighted by Gasteiger charge is -2.45. The minimum absolute atomic E-state index is 0.418. The van der Waals surface area contributed by atoms with Crippen molar-refractivity contribution in [2.45, 2.75) is 44.8 Å². The summed E-state index contributed by atoms with van der Waals surface area (Å²) in [5.41, 5.74) is 0.436. The highest BCUT2D eigenvalue weighted by atomic mass is 32.2. The van der Waals surface area contributed by atoms with Crippen molar-refractivity contribution in [3.05, 3.63) is 0 Å². The highest BCUT2D eigenvalue weighted by Crippen LogP contribution is 2.35. The van der Waals surface area contributed by atoms with Crippen molar-refractivity contribution in [1.82, 2.24) is 10.2 Å². The highest BCUT2D eigenvalue weighted by Gasteiger charge is 2.36. The first-order valence-corrected chi connectivity index (χ1v) is 9.19. The monoisotopic (exact) mass is 300 g/mol. The van der Waals surface area contributed by atoms with Gasteiger partial charge >= 0.3 is 0 Å². The molecule has 2 heterocycles. The second kappa shape index (κ2) is 7.48. The van der Waals surface area contributed by atoms with Crippen LogP contribution in [0.15, 0.2) is 0 Å². The summed E-state index contributed by atoms with van der Waals surface area (Å²) in [5, 5.41) is 3.67. The number of nitrogens with one attached hydrogen (secondary N) is 1.